The predicted octanol–water partition coefficient (Wildman–Crippen LogP) is 2.45. The summed E-state index contributed by atoms with van der Waals surface area (Å²) in [7, 11) is 0. The fraction of sp³-hybridized carbons (Fsp3) is 0.550. The first-order chi connectivity index (χ1) is 12.4. The predicted molar refractivity (Wildman–Crippen MR) is 101 cm³/mol. The first-order valence-electron chi connectivity index (χ1n) is 9.02. The molecular formula is C20H32O6. The summed E-state index contributed by atoms with van der Waals surface area (Å²) < 4.78 is 0. The van der Waals surface area contributed by atoms with E-state index in [2.05, 4.69) is 0 Å². The minimum absolute atomic E-state index is 0.0571. The number of carbonyl (C=O) groups is 1. The summed E-state index contributed by atoms with van der Waals surface area (Å²) in [6.45, 7) is 0. The van der Waals surface area contributed by atoms with Crippen molar-refractivity contribution in [1.82, 2.24) is 0 Å². The maximum Gasteiger partial charge on any atom is 0.303 e. The maximum atomic E-state index is 10.4. The normalized spacial score (nSPS) is 15.1. The van der Waals surface area contributed by atoms with Crippen LogP contribution in [0.15, 0.2) is 48.6 Å². The lowest BCUT2D eigenvalue weighted by atomic mass is 10.1. The molecule has 0 rings (SSSR count). The molecule has 5 N–H and O–H groups in total. The molecule has 2 atom stereocenters. The Hall–Kier alpha value is -1.73. The highest BCUT2D eigenvalue weighted by Crippen LogP contribution is 2.04. The third-order valence-corrected chi connectivity index (χ3v) is 3.52. The van der Waals surface area contributed by atoms with Crippen molar-refractivity contribution in [2.75, 3.05) is 0 Å². The molecule has 0 radical (unpaired) electrons. The Labute approximate surface area is 155 Å². The van der Waals surface area contributed by atoms with Gasteiger partial charge in [0.15, 0.2) is 6.29 Å². The second-order valence-corrected chi connectivity index (χ2v) is 6.05. The third kappa shape index (κ3) is 18.6. The standard InChI is InChI=1S/C20H32O6/c21-17(11-6-2-1-3-9-15-19(23)24)12-7-4-5-8-13-18(22)14-10-16-20(25)26/h2,4-8,12-13,17-19,21-24H,1,3,9-11,14-16H2,(H,25,26)/b5-4+,6-2-,12-7+,13-8-/t17-,18-/m0/s1. The second-order valence-electron chi connectivity index (χ2n) is 6.05. The van der Waals surface area contributed by atoms with Crippen molar-refractivity contribution in [2.24, 2.45) is 0 Å². The van der Waals surface area contributed by atoms with Crippen LogP contribution in [0.2, 0.25) is 0 Å². The lowest BCUT2D eigenvalue weighted by Gasteiger charge is -2.02. The van der Waals surface area contributed by atoms with Crippen LogP contribution in [0.4, 0.5) is 0 Å². The molecule has 0 spiro atoms. The number of allylic oxidation sites excluding steroid dienone is 5. The summed E-state index contributed by atoms with van der Waals surface area (Å²) in [6, 6.07) is 0. The summed E-state index contributed by atoms with van der Waals surface area (Å²) in [6.07, 6.45) is 15.9. The van der Waals surface area contributed by atoms with Crippen molar-refractivity contribution < 1.29 is 30.3 Å². The van der Waals surface area contributed by atoms with Gasteiger partial charge in [-0.3, -0.25) is 4.79 Å². The number of hydrogen-bond acceptors (Lipinski definition) is 5. The maximum absolute atomic E-state index is 10.4. The third-order valence-electron chi connectivity index (χ3n) is 3.52. The van der Waals surface area contributed by atoms with Gasteiger partial charge in [0.1, 0.15) is 0 Å². The number of carboxylic acid groups (broad SMARTS) is 1. The number of unbranched alkanes of at least 4 members (excludes halogenated alkanes) is 2. The summed E-state index contributed by atoms with van der Waals surface area (Å²) in [5.74, 6) is -0.860. The second kappa shape index (κ2) is 16.7. The van der Waals surface area contributed by atoms with Crippen molar-refractivity contribution in [3.05, 3.63) is 48.6 Å². The van der Waals surface area contributed by atoms with Crippen molar-refractivity contribution in [1.29, 1.82) is 0 Å². The minimum atomic E-state index is -1.23. The molecule has 0 saturated heterocycles. The molecule has 0 amide bonds. The molecule has 0 saturated carbocycles. The smallest absolute Gasteiger partial charge is 0.303 e. The zero-order chi connectivity index (χ0) is 19.6. The van der Waals surface area contributed by atoms with E-state index in [1.54, 1.807) is 36.5 Å². The topological polar surface area (TPSA) is 118 Å². The Morgan fingerprint density at radius 1 is 0.769 bits per heavy atom. The van der Waals surface area contributed by atoms with Gasteiger partial charge in [0, 0.05) is 6.42 Å². The van der Waals surface area contributed by atoms with Crippen LogP contribution >= 0.6 is 0 Å². The van der Waals surface area contributed by atoms with E-state index in [0.29, 0.717) is 25.7 Å². The average Bonchev–Trinajstić information content (AvgIpc) is 2.56. The molecule has 0 aliphatic rings. The molecule has 0 aliphatic carbocycles. The van der Waals surface area contributed by atoms with Gasteiger partial charge in [-0.1, -0.05) is 48.6 Å². The number of aliphatic hydroxyl groups is 4. The zero-order valence-electron chi connectivity index (χ0n) is 15.2. The van der Waals surface area contributed by atoms with Crippen molar-refractivity contribution in [3.63, 3.8) is 0 Å². The average molecular weight is 368 g/mol. The van der Waals surface area contributed by atoms with Crippen LogP contribution in [-0.4, -0.2) is 50.0 Å². The van der Waals surface area contributed by atoms with Gasteiger partial charge in [-0.15, -0.1) is 0 Å². The van der Waals surface area contributed by atoms with E-state index in [9.17, 15) is 15.0 Å². The van der Waals surface area contributed by atoms with Crippen molar-refractivity contribution in [3.8, 4) is 0 Å². The van der Waals surface area contributed by atoms with Crippen LogP contribution in [-0.2, 0) is 4.79 Å². The molecular weight excluding hydrogens is 336 g/mol. The molecule has 0 aliphatic heterocycles. The Balaban J connectivity index is 3.79. The van der Waals surface area contributed by atoms with E-state index in [-0.39, 0.29) is 6.42 Å². The molecule has 0 bridgehead atoms. The van der Waals surface area contributed by atoms with Crippen LogP contribution in [0.25, 0.3) is 0 Å². The van der Waals surface area contributed by atoms with Crippen LogP contribution in [0.1, 0.15) is 51.4 Å². The molecule has 26 heavy (non-hydrogen) atoms. The molecule has 6 nitrogen and oxygen atoms in total. The SMILES string of the molecule is O=C(O)CCC[C@@H](O)\C=C/C=C/C=C/[C@@H](O)C/C=C\CCCCC(O)O. The molecule has 0 heterocycles. The van der Waals surface area contributed by atoms with Crippen LogP contribution in [0, 0.1) is 0 Å². The van der Waals surface area contributed by atoms with Gasteiger partial charge in [0.05, 0.1) is 12.2 Å². The minimum Gasteiger partial charge on any atom is -0.481 e. The van der Waals surface area contributed by atoms with Gasteiger partial charge >= 0.3 is 5.97 Å². The van der Waals surface area contributed by atoms with E-state index in [4.69, 9.17) is 15.3 Å². The summed E-state index contributed by atoms with van der Waals surface area (Å²) in [4.78, 5) is 10.4. The zero-order valence-corrected chi connectivity index (χ0v) is 15.2. The van der Waals surface area contributed by atoms with E-state index in [1.807, 2.05) is 12.2 Å². The monoisotopic (exact) mass is 368 g/mol. The quantitative estimate of drug-likeness (QED) is 0.131. The first-order valence-corrected chi connectivity index (χ1v) is 9.02. The molecule has 0 aromatic rings. The molecule has 148 valence electrons. The van der Waals surface area contributed by atoms with Gasteiger partial charge in [-0.05, 0) is 44.9 Å². The number of hydrogen-bond donors (Lipinski definition) is 5. The molecule has 0 aromatic heterocycles. The molecule has 0 unspecified atom stereocenters. The van der Waals surface area contributed by atoms with E-state index in [0.717, 1.165) is 19.3 Å². The van der Waals surface area contributed by atoms with Gasteiger partial charge in [-0.2, -0.15) is 0 Å². The lowest BCUT2D eigenvalue weighted by molar-refractivity contribution is -0.137. The fourth-order valence-corrected chi connectivity index (χ4v) is 2.09. The highest BCUT2D eigenvalue weighted by Gasteiger charge is 2.01. The van der Waals surface area contributed by atoms with Crippen LogP contribution < -0.4 is 0 Å². The first kappa shape index (κ1) is 24.3. The van der Waals surface area contributed by atoms with E-state index < -0.39 is 24.5 Å². The Kier molecular flexibility index (Phi) is 15.6. The summed E-state index contributed by atoms with van der Waals surface area (Å²) in [5.41, 5.74) is 0. The van der Waals surface area contributed by atoms with E-state index in [1.165, 1.54) is 0 Å². The number of aliphatic hydroxyl groups excluding tert-OH is 3. The Morgan fingerprint density at radius 2 is 1.42 bits per heavy atom. The van der Waals surface area contributed by atoms with Crippen molar-refractivity contribution >= 4 is 5.97 Å². The summed E-state index contributed by atoms with van der Waals surface area (Å²) >= 11 is 0. The van der Waals surface area contributed by atoms with Crippen LogP contribution in [0.5, 0.6) is 0 Å². The van der Waals surface area contributed by atoms with Gasteiger partial charge < -0.3 is 25.5 Å². The highest BCUT2D eigenvalue weighted by molar-refractivity contribution is 5.66. The Bertz CT molecular complexity index is 465. The van der Waals surface area contributed by atoms with Gasteiger partial charge in [0.25, 0.3) is 0 Å². The van der Waals surface area contributed by atoms with Gasteiger partial charge in [0.2, 0.25) is 0 Å². The van der Waals surface area contributed by atoms with E-state index >= 15 is 0 Å². The lowest BCUT2D eigenvalue weighted by Crippen LogP contribution is -2.03. The highest BCUT2D eigenvalue weighted by atomic mass is 16.5. The molecule has 0 aromatic carbocycles. The molecule has 0 fully saturated rings. The van der Waals surface area contributed by atoms with Crippen LogP contribution in [0.3, 0.4) is 0 Å². The van der Waals surface area contributed by atoms with Crippen molar-refractivity contribution in [2.45, 2.75) is 69.9 Å². The number of carboxylic acids is 1. The largest absolute Gasteiger partial charge is 0.481 e. The van der Waals surface area contributed by atoms with Gasteiger partial charge in [-0.25, -0.2) is 0 Å². The fourth-order valence-electron chi connectivity index (χ4n) is 2.09. The Morgan fingerprint density at radius 3 is 2.04 bits per heavy atom. The molecule has 6 heteroatoms. The summed E-state index contributed by atoms with van der Waals surface area (Å²) in [5, 5.41) is 45.3. The number of rotatable bonds is 15. The number of aliphatic carboxylic acids is 1.